The predicted molar refractivity (Wildman–Crippen MR) is 64.8 cm³/mol. The summed E-state index contributed by atoms with van der Waals surface area (Å²) in [5.41, 5.74) is 0. The maximum absolute atomic E-state index is 12.0. The zero-order valence-electron chi connectivity index (χ0n) is 10.8. The van der Waals surface area contributed by atoms with Gasteiger partial charge in [-0.15, -0.1) is 0 Å². The van der Waals surface area contributed by atoms with Crippen LogP contribution in [-0.2, 0) is 14.4 Å². The Bertz CT molecular complexity index is 343. The lowest BCUT2D eigenvalue weighted by molar-refractivity contribution is -0.141. The van der Waals surface area contributed by atoms with Crippen LogP contribution in [0, 0.1) is 5.92 Å². The average molecular weight is 256 g/mol. The largest absolute Gasteiger partial charge is 0.481 e. The van der Waals surface area contributed by atoms with Gasteiger partial charge in [-0.1, -0.05) is 0 Å². The van der Waals surface area contributed by atoms with Gasteiger partial charge < -0.3 is 15.3 Å². The molecule has 2 N–H and O–H groups in total. The summed E-state index contributed by atoms with van der Waals surface area (Å²) < 4.78 is 0. The van der Waals surface area contributed by atoms with Gasteiger partial charge in [-0.2, -0.15) is 0 Å². The zero-order valence-corrected chi connectivity index (χ0v) is 10.8. The van der Waals surface area contributed by atoms with Crippen LogP contribution in [0.15, 0.2) is 0 Å². The van der Waals surface area contributed by atoms with Crippen LogP contribution in [0.25, 0.3) is 0 Å². The number of carboxylic acids is 1. The van der Waals surface area contributed by atoms with E-state index in [1.54, 1.807) is 11.8 Å². The fourth-order valence-corrected chi connectivity index (χ4v) is 2.32. The van der Waals surface area contributed by atoms with Gasteiger partial charge in [-0.25, -0.2) is 0 Å². The lowest BCUT2D eigenvalue weighted by atomic mass is 9.94. The van der Waals surface area contributed by atoms with E-state index in [0.717, 1.165) is 12.8 Å². The Morgan fingerprint density at radius 2 is 2.11 bits per heavy atom. The topological polar surface area (TPSA) is 86.7 Å². The molecular formula is C12H20N2O4. The summed E-state index contributed by atoms with van der Waals surface area (Å²) in [5, 5.41) is 11.3. The maximum Gasteiger partial charge on any atom is 0.303 e. The van der Waals surface area contributed by atoms with Crippen LogP contribution >= 0.6 is 0 Å². The highest BCUT2D eigenvalue weighted by Crippen LogP contribution is 2.20. The second-order valence-electron chi connectivity index (χ2n) is 4.81. The first-order valence-electron chi connectivity index (χ1n) is 6.18. The summed E-state index contributed by atoms with van der Waals surface area (Å²) in [5.74, 6) is -1.19. The molecule has 18 heavy (non-hydrogen) atoms. The van der Waals surface area contributed by atoms with Crippen molar-refractivity contribution in [3.8, 4) is 0 Å². The molecule has 6 nitrogen and oxygen atoms in total. The van der Waals surface area contributed by atoms with E-state index in [2.05, 4.69) is 5.32 Å². The third-order valence-corrected chi connectivity index (χ3v) is 3.08. The fraction of sp³-hybridized carbons (Fsp3) is 0.750. The quantitative estimate of drug-likeness (QED) is 0.753. The second-order valence-corrected chi connectivity index (χ2v) is 4.81. The maximum atomic E-state index is 12.0. The Labute approximate surface area is 106 Å². The Hall–Kier alpha value is -1.59. The molecule has 2 unspecified atom stereocenters. The summed E-state index contributed by atoms with van der Waals surface area (Å²) in [6.45, 7) is 4.12. The van der Waals surface area contributed by atoms with Gasteiger partial charge in [0, 0.05) is 26.4 Å². The average Bonchev–Trinajstić information content (AvgIpc) is 2.26. The molecule has 0 spiro atoms. The van der Waals surface area contributed by atoms with Crippen LogP contribution in [-0.4, -0.2) is 46.9 Å². The molecule has 0 radical (unpaired) electrons. The van der Waals surface area contributed by atoms with Crippen LogP contribution in [0.3, 0.4) is 0 Å². The van der Waals surface area contributed by atoms with Gasteiger partial charge in [0.25, 0.3) is 0 Å². The number of amides is 2. The van der Waals surface area contributed by atoms with Crippen LogP contribution in [0.1, 0.15) is 33.1 Å². The van der Waals surface area contributed by atoms with Crippen LogP contribution < -0.4 is 5.32 Å². The van der Waals surface area contributed by atoms with E-state index in [1.807, 2.05) is 0 Å². The molecule has 1 rings (SSSR count). The molecule has 102 valence electrons. The number of likely N-dealkylation sites (tertiary alicyclic amines) is 1. The third kappa shape index (κ3) is 4.35. The molecule has 0 aliphatic carbocycles. The number of hydrogen-bond acceptors (Lipinski definition) is 3. The van der Waals surface area contributed by atoms with Crippen LogP contribution in [0.5, 0.6) is 0 Å². The van der Waals surface area contributed by atoms with E-state index in [1.165, 1.54) is 6.92 Å². The van der Waals surface area contributed by atoms with E-state index in [-0.39, 0.29) is 24.2 Å². The minimum atomic E-state index is -0.829. The summed E-state index contributed by atoms with van der Waals surface area (Å²) in [7, 11) is 0. The smallest absolute Gasteiger partial charge is 0.303 e. The van der Waals surface area contributed by atoms with Gasteiger partial charge in [-0.05, 0) is 25.7 Å². The molecule has 1 aliphatic heterocycles. The Kier molecular flexibility index (Phi) is 5.12. The van der Waals surface area contributed by atoms with Crippen molar-refractivity contribution in [1.82, 2.24) is 10.2 Å². The summed E-state index contributed by atoms with van der Waals surface area (Å²) in [6, 6.07) is -0.550. The number of carbonyl (C=O) groups is 3. The first-order chi connectivity index (χ1) is 8.40. The van der Waals surface area contributed by atoms with Crippen molar-refractivity contribution in [3.63, 3.8) is 0 Å². The van der Waals surface area contributed by atoms with E-state index in [9.17, 15) is 14.4 Å². The van der Waals surface area contributed by atoms with Crippen LogP contribution in [0.4, 0.5) is 0 Å². The van der Waals surface area contributed by atoms with Crippen molar-refractivity contribution in [3.05, 3.63) is 0 Å². The first-order valence-corrected chi connectivity index (χ1v) is 6.18. The van der Waals surface area contributed by atoms with Gasteiger partial charge in [0.2, 0.25) is 11.8 Å². The van der Waals surface area contributed by atoms with Crippen molar-refractivity contribution < 1.29 is 19.5 Å². The standard InChI is InChI=1S/C12H20N2O4/c1-8(13-9(2)15)12(18)14-5-3-4-10(7-14)6-11(16)17/h8,10H,3-7H2,1-2H3,(H,13,15)(H,16,17). The summed E-state index contributed by atoms with van der Waals surface area (Å²) in [4.78, 5) is 35.2. The number of piperidine rings is 1. The van der Waals surface area contributed by atoms with Gasteiger partial charge in [0.1, 0.15) is 6.04 Å². The van der Waals surface area contributed by atoms with E-state index < -0.39 is 12.0 Å². The molecule has 0 saturated carbocycles. The van der Waals surface area contributed by atoms with Crippen molar-refractivity contribution in [2.45, 2.75) is 39.2 Å². The lowest BCUT2D eigenvalue weighted by Gasteiger charge is -2.33. The molecule has 6 heteroatoms. The van der Waals surface area contributed by atoms with Crippen molar-refractivity contribution >= 4 is 17.8 Å². The molecular weight excluding hydrogens is 236 g/mol. The monoisotopic (exact) mass is 256 g/mol. The number of aliphatic carboxylic acids is 1. The zero-order chi connectivity index (χ0) is 13.7. The molecule has 0 bridgehead atoms. The number of hydrogen-bond donors (Lipinski definition) is 2. The van der Waals surface area contributed by atoms with Gasteiger partial charge in [0.15, 0.2) is 0 Å². The Morgan fingerprint density at radius 1 is 1.44 bits per heavy atom. The Balaban J connectivity index is 2.52. The molecule has 0 aromatic rings. The molecule has 1 fully saturated rings. The molecule has 1 saturated heterocycles. The van der Waals surface area contributed by atoms with E-state index in [0.29, 0.717) is 13.1 Å². The van der Waals surface area contributed by atoms with Crippen molar-refractivity contribution in [2.75, 3.05) is 13.1 Å². The van der Waals surface area contributed by atoms with Crippen LogP contribution in [0.2, 0.25) is 0 Å². The number of rotatable bonds is 4. The Morgan fingerprint density at radius 3 is 2.67 bits per heavy atom. The third-order valence-electron chi connectivity index (χ3n) is 3.08. The predicted octanol–water partition coefficient (Wildman–Crippen LogP) is 0.224. The van der Waals surface area contributed by atoms with E-state index in [4.69, 9.17) is 5.11 Å². The SMILES string of the molecule is CC(=O)NC(C)C(=O)N1CCCC(CC(=O)O)C1. The lowest BCUT2D eigenvalue weighted by Crippen LogP contribution is -2.49. The minimum Gasteiger partial charge on any atom is -0.481 e. The molecule has 1 aliphatic rings. The highest BCUT2D eigenvalue weighted by molar-refractivity contribution is 5.86. The molecule has 1 heterocycles. The molecule has 2 atom stereocenters. The second kappa shape index (κ2) is 6.37. The highest BCUT2D eigenvalue weighted by atomic mass is 16.4. The first kappa shape index (κ1) is 14.5. The number of carboxylic acid groups (broad SMARTS) is 1. The van der Waals surface area contributed by atoms with Gasteiger partial charge >= 0.3 is 5.97 Å². The number of nitrogens with one attached hydrogen (secondary N) is 1. The number of carbonyl (C=O) groups excluding carboxylic acids is 2. The van der Waals surface area contributed by atoms with E-state index >= 15 is 0 Å². The molecule has 0 aromatic carbocycles. The van der Waals surface area contributed by atoms with Crippen molar-refractivity contribution in [2.24, 2.45) is 5.92 Å². The highest BCUT2D eigenvalue weighted by Gasteiger charge is 2.28. The van der Waals surface area contributed by atoms with Gasteiger partial charge in [0.05, 0.1) is 0 Å². The fourth-order valence-electron chi connectivity index (χ4n) is 2.32. The van der Waals surface area contributed by atoms with Gasteiger partial charge in [-0.3, -0.25) is 14.4 Å². The summed E-state index contributed by atoms with van der Waals surface area (Å²) in [6.07, 6.45) is 1.75. The normalized spacial score (nSPS) is 21.2. The molecule has 2 amide bonds. The minimum absolute atomic E-state index is 0.0183. The van der Waals surface area contributed by atoms with Crippen molar-refractivity contribution in [1.29, 1.82) is 0 Å². The molecule has 0 aromatic heterocycles. The summed E-state index contributed by atoms with van der Waals surface area (Å²) >= 11 is 0. The number of nitrogens with zero attached hydrogens (tertiary/aromatic N) is 1.